The van der Waals surface area contributed by atoms with Gasteiger partial charge in [-0.25, -0.2) is 0 Å². The Balaban J connectivity index is 1.94. The summed E-state index contributed by atoms with van der Waals surface area (Å²) < 4.78 is 5.06. The van der Waals surface area contributed by atoms with Crippen molar-refractivity contribution in [1.29, 1.82) is 0 Å². The molecular formula is C12H15N3OS. The van der Waals surface area contributed by atoms with Crippen molar-refractivity contribution >= 4 is 22.8 Å². The number of nitrogens with zero attached hydrogens (tertiary/aromatic N) is 1. The summed E-state index contributed by atoms with van der Waals surface area (Å²) >= 11 is 1.71. The van der Waals surface area contributed by atoms with E-state index in [0.29, 0.717) is 17.4 Å². The summed E-state index contributed by atoms with van der Waals surface area (Å²) in [7, 11) is 1.59. The largest absolute Gasteiger partial charge is 0.481 e. The van der Waals surface area contributed by atoms with Gasteiger partial charge < -0.3 is 15.8 Å². The van der Waals surface area contributed by atoms with Crippen LogP contribution < -0.4 is 15.8 Å². The second-order valence-corrected chi connectivity index (χ2v) is 4.38. The third-order valence-corrected chi connectivity index (χ3v) is 3.13. The van der Waals surface area contributed by atoms with Crippen molar-refractivity contribution in [3.8, 4) is 5.88 Å². The number of thiophene rings is 1. The van der Waals surface area contributed by atoms with Gasteiger partial charge in [0.05, 0.1) is 12.8 Å². The van der Waals surface area contributed by atoms with Gasteiger partial charge in [0.15, 0.2) is 5.82 Å². The number of pyridine rings is 1. The predicted octanol–water partition coefficient (Wildman–Crippen LogP) is 2.39. The molecule has 17 heavy (non-hydrogen) atoms. The smallest absolute Gasteiger partial charge is 0.215 e. The number of nitrogens with two attached hydrogens (primary N) is 1. The fourth-order valence-corrected chi connectivity index (χ4v) is 2.17. The monoisotopic (exact) mass is 249 g/mol. The van der Waals surface area contributed by atoms with E-state index in [0.717, 1.165) is 13.0 Å². The van der Waals surface area contributed by atoms with Crippen LogP contribution >= 0.6 is 11.3 Å². The lowest BCUT2D eigenvalue weighted by molar-refractivity contribution is 0.398. The molecule has 5 heteroatoms. The molecule has 0 aliphatic heterocycles. The van der Waals surface area contributed by atoms with Crippen molar-refractivity contribution in [1.82, 2.24) is 4.98 Å². The maximum Gasteiger partial charge on any atom is 0.215 e. The average molecular weight is 249 g/mol. The predicted molar refractivity (Wildman–Crippen MR) is 71.7 cm³/mol. The normalized spacial score (nSPS) is 10.2. The van der Waals surface area contributed by atoms with Crippen LogP contribution in [0.25, 0.3) is 0 Å². The molecule has 0 radical (unpaired) electrons. The summed E-state index contributed by atoms with van der Waals surface area (Å²) in [4.78, 5) is 4.25. The first-order chi connectivity index (χ1) is 8.29. The minimum absolute atomic E-state index is 0.567. The van der Waals surface area contributed by atoms with Crippen LogP contribution in [0.5, 0.6) is 5.88 Å². The third-order valence-electron chi connectivity index (χ3n) is 2.40. The summed E-state index contributed by atoms with van der Waals surface area (Å²) in [5.74, 6) is 1.25. The Labute approximate surface area is 104 Å². The van der Waals surface area contributed by atoms with Gasteiger partial charge in [-0.3, -0.25) is 0 Å². The second-order valence-electron chi connectivity index (χ2n) is 3.60. The van der Waals surface area contributed by atoms with E-state index in [1.54, 1.807) is 30.6 Å². The molecule has 0 unspecified atom stereocenters. The minimum atomic E-state index is 0.567. The van der Waals surface area contributed by atoms with Gasteiger partial charge in [-0.05, 0) is 34.9 Å². The van der Waals surface area contributed by atoms with Crippen LogP contribution in [0.4, 0.5) is 11.5 Å². The van der Waals surface area contributed by atoms with Gasteiger partial charge in [-0.1, -0.05) is 0 Å². The zero-order valence-corrected chi connectivity index (χ0v) is 10.5. The molecule has 0 aliphatic rings. The minimum Gasteiger partial charge on any atom is -0.481 e. The highest BCUT2D eigenvalue weighted by Crippen LogP contribution is 2.19. The van der Waals surface area contributed by atoms with Crippen molar-refractivity contribution in [2.24, 2.45) is 0 Å². The number of ether oxygens (including phenoxy) is 1. The first-order valence-electron chi connectivity index (χ1n) is 5.35. The standard InChI is InChI=1S/C12H15N3OS/c1-16-11-3-2-10(13)12(15-11)14-6-4-9-5-7-17-8-9/h2-3,5,7-8H,4,6,13H2,1H3,(H,14,15). The Morgan fingerprint density at radius 2 is 2.29 bits per heavy atom. The molecule has 2 heterocycles. The van der Waals surface area contributed by atoms with Crippen LogP contribution in [0.1, 0.15) is 5.56 Å². The molecule has 0 amide bonds. The van der Waals surface area contributed by atoms with Gasteiger partial charge in [0.1, 0.15) is 0 Å². The van der Waals surface area contributed by atoms with Gasteiger partial charge in [-0.2, -0.15) is 16.3 Å². The lowest BCUT2D eigenvalue weighted by atomic mass is 10.2. The first kappa shape index (κ1) is 11.7. The van der Waals surface area contributed by atoms with E-state index in [2.05, 4.69) is 27.1 Å². The van der Waals surface area contributed by atoms with E-state index in [4.69, 9.17) is 10.5 Å². The van der Waals surface area contributed by atoms with Gasteiger partial charge in [-0.15, -0.1) is 0 Å². The van der Waals surface area contributed by atoms with E-state index >= 15 is 0 Å². The van der Waals surface area contributed by atoms with Gasteiger partial charge in [0.25, 0.3) is 0 Å². The Hall–Kier alpha value is -1.75. The zero-order chi connectivity index (χ0) is 12.1. The van der Waals surface area contributed by atoms with Crippen LogP contribution in [0.2, 0.25) is 0 Å². The highest BCUT2D eigenvalue weighted by atomic mass is 32.1. The molecule has 0 aliphatic carbocycles. The molecule has 2 aromatic heterocycles. The fourth-order valence-electron chi connectivity index (χ4n) is 1.47. The fraction of sp³-hybridized carbons (Fsp3) is 0.250. The van der Waals surface area contributed by atoms with E-state index in [1.807, 2.05) is 0 Å². The Bertz CT molecular complexity index is 471. The molecule has 2 rings (SSSR count). The highest BCUT2D eigenvalue weighted by molar-refractivity contribution is 7.07. The van der Waals surface area contributed by atoms with Crippen molar-refractivity contribution in [2.45, 2.75) is 6.42 Å². The number of hydrogen-bond donors (Lipinski definition) is 2. The molecule has 3 N–H and O–H groups in total. The van der Waals surface area contributed by atoms with Crippen molar-refractivity contribution < 1.29 is 4.74 Å². The lowest BCUT2D eigenvalue weighted by Crippen LogP contribution is -2.08. The van der Waals surface area contributed by atoms with Crippen molar-refractivity contribution in [3.63, 3.8) is 0 Å². The zero-order valence-electron chi connectivity index (χ0n) is 9.64. The quantitative estimate of drug-likeness (QED) is 0.854. The summed E-state index contributed by atoms with van der Waals surface area (Å²) in [5.41, 5.74) is 7.78. The average Bonchev–Trinajstić information content (AvgIpc) is 2.84. The molecule has 2 aromatic rings. The Morgan fingerprint density at radius 1 is 1.41 bits per heavy atom. The van der Waals surface area contributed by atoms with Crippen molar-refractivity contribution in [3.05, 3.63) is 34.5 Å². The van der Waals surface area contributed by atoms with E-state index in [1.165, 1.54) is 5.56 Å². The van der Waals surface area contributed by atoms with Crippen molar-refractivity contribution in [2.75, 3.05) is 24.7 Å². The molecule has 90 valence electrons. The number of hydrogen-bond acceptors (Lipinski definition) is 5. The lowest BCUT2D eigenvalue weighted by Gasteiger charge is -2.09. The number of aromatic nitrogens is 1. The van der Waals surface area contributed by atoms with Crippen LogP contribution in [0.15, 0.2) is 29.0 Å². The summed E-state index contributed by atoms with van der Waals surface area (Å²) in [6, 6.07) is 5.66. The summed E-state index contributed by atoms with van der Waals surface area (Å²) in [6.45, 7) is 0.807. The summed E-state index contributed by atoms with van der Waals surface area (Å²) in [6.07, 6.45) is 0.960. The summed E-state index contributed by atoms with van der Waals surface area (Å²) in [5, 5.41) is 7.43. The van der Waals surface area contributed by atoms with Crippen LogP contribution in [-0.4, -0.2) is 18.6 Å². The van der Waals surface area contributed by atoms with Gasteiger partial charge in [0.2, 0.25) is 5.88 Å². The molecular weight excluding hydrogens is 234 g/mol. The molecule has 0 saturated carbocycles. The number of nitrogens with one attached hydrogen (secondary N) is 1. The maximum atomic E-state index is 5.83. The molecule has 0 atom stereocenters. The molecule has 0 fully saturated rings. The number of rotatable bonds is 5. The Kier molecular flexibility index (Phi) is 3.82. The van der Waals surface area contributed by atoms with Crippen LogP contribution in [0, 0.1) is 0 Å². The first-order valence-corrected chi connectivity index (χ1v) is 6.29. The number of nitrogen functional groups attached to an aromatic ring is 1. The van der Waals surface area contributed by atoms with E-state index in [-0.39, 0.29) is 0 Å². The molecule has 0 spiro atoms. The topological polar surface area (TPSA) is 60.2 Å². The maximum absolute atomic E-state index is 5.83. The highest BCUT2D eigenvalue weighted by Gasteiger charge is 2.02. The Morgan fingerprint density at radius 3 is 3.00 bits per heavy atom. The van der Waals surface area contributed by atoms with Gasteiger partial charge in [0, 0.05) is 12.6 Å². The number of anilines is 2. The van der Waals surface area contributed by atoms with E-state index in [9.17, 15) is 0 Å². The van der Waals surface area contributed by atoms with Crippen LogP contribution in [-0.2, 0) is 6.42 Å². The molecule has 0 saturated heterocycles. The van der Waals surface area contributed by atoms with Crippen LogP contribution in [0.3, 0.4) is 0 Å². The number of methoxy groups -OCH3 is 1. The van der Waals surface area contributed by atoms with E-state index < -0.39 is 0 Å². The molecule has 0 bridgehead atoms. The molecule has 0 aromatic carbocycles. The second kappa shape index (κ2) is 5.54. The molecule has 4 nitrogen and oxygen atoms in total. The van der Waals surface area contributed by atoms with Gasteiger partial charge >= 0.3 is 0 Å². The third kappa shape index (κ3) is 3.10. The SMILES string of the molecule is COc1ccc(N)c(NCCc2ccsc2)n1.